The highest BCUT2D eigenvalue weighted by Crippen LogP contribution is 2.62. The van der Waals surface area contributed by atoms with Crippen molar-refractivity contribution in [2.75, 3.05) is 0 Å². The van der Waals surface area contributed by atoms with Crippen LogP contribution in [0.4, 0.5) is 0 Å². The van der Waals surface area contributed by atoms with Crippen molar-refractivity contribution in [2.45, 2.75) is 19.8 Å². The summed E-state index contributed by atoms with van der Waals surface area (Å²) >= 11 is 0. The lowest BCUT2D eigenvalue weighted by Crippen LogP contribution is -2.39. The molecule has 2 aliphatic carbocycles. The minimum Gasteiger partial charge on any atom is -0.481 e. The van der Waals surface area contributed by atoms with Crippen LogP contribution in [0.1, 0.15) is 19.8 Å². The lowest BCUT2D eigenvalue weighted by molar-refractivity contribution is -0.143. The summed E-state index contributed by atoms with van der Waals surface area (Å²) in [6.45, 7) is 1.88. The molecule has 2 rings (SSSR count). The minimum absolute atomic E-state index is 0.461. The van der Waals surface area contributed by atoms with Gasteiger partial charge in [-0.05, 0) is 12.8 Å². The second-order valence-corrected chi connectivity index (χ2v) is 4.54. The molecule has 0 aromatic rings. The molecule has 15 heavy (non-hydrogen) atoms. The van der Waals surface area contributed by atoms with Crippen molar-refractivity contribution in [1.29, 1.82) is 5.26 Å². The summed E-state index contributed by atoms with van der Waals surface area (Å²) in [7, 11) is 0. The Morgan fingerprint density at radius 2 is 2.20 bits per heavy atom. The third kappa shape index (κ3) is 1.21. The fourth-order valence-corrected chi connectivity index (χ4v) is 2.43. The third-order valence-electron chi connectivity index (χ3n) is 3.76. The number of carboxylic acid groups (broad SMARTS) is 1. The first-order valence-electron chi connectivity index (χ1n) is 5.06. The van der Waals surface area contributed by atoms with Crippen molar-refractivity contribution >= 4 is 5.97 Å². The lowest BCUT2D eigenvalue weighted by atomic mass is 9.64. The van der Waals surface area contributed by atoms with Crippen molar-refractivity contribution < 1.29 is 9.90 Å². The van der Waals surface area contributed by atoms with Crippen LogP contribution in [0.2, 0.25) is 0 Å². The highest BCUT2D eigenvalue weighted by Gasteiger charge is 2.60. The number of nitriles is 1. The van der Waals surface area contributed by atoms with Crippen LogP contribution in [0.5, 0.6) is 0 Å². The number of rotatable bonds is 2. The molecular weight excluding hydrogens is 190 g/mol. The van der Waals surface area contributed by atoms with Gasteiger partial charge in [-0.25, -0.2) is 0 Å². The topological polar surface area (TPSA) is 61.1 Å². The maximum absolute atomic E-state index is 11.2. The van der Waals surface area contributed by atoms with Crippen LogP contribution in [0.15, 0.2) is 24.3 Å². The van der Waals surface area contributed by atoms with E-state index >= 15 is 0 Å². The predicted molar refractivity (Wildman–Crippen MR) is 54.8 cm³/mol. The molecule has 0 saturated heterocycles. The Morgan fingerprint density at radius 1 is 1.53 bits per heavy atom. The molecule has 2 aliphatic rings. The summed E-state index contributed by atoms with van der Waals surface area (Å²) in [4.78, 5) is 11.2. The van der Waals surface area contributed by atoms with Gasteiger partial charge in [0, 0.05) is 5.41 Å². The van der Waals surface area contributed by atoms with Crippen LogP contribution < -0.4 is 0 Å². The van der Waals surface area contributed by atoms with Gasteiger partial charge in [0.05, 0.1) is 17.4 Å². The van der Waals surface area contributed by atoms with Crippen molar-refractivity contribution in [3.63, 3.8) is 0 Å². The number of aliphatic carboxylic acids is 1. The van der Waals surface area contributed by atoms with Gasteiger partial charge in [0.15, 0.2) is 0 Å². The van der Waals surface area contributed by atoms with E-state index in [1.807, 2.05) is 19.1 Å². The molecule has 78 valence electrons. The van der Waals surface area contributed by atoms with Crippen molar-refractivity contribution in [2.24, 2.45) is 16.7 Å². The quantitative estimate of drug-likeness (QED) is 0.747. The monoisotopic (exact) mass is 203 g/mol. The molecule has 1 N–H and O–H groups in total. The summed E-state index contributed by atoms with van der Waals surface area (Å²) in [5, 5.41) is 18.3. The summed E-state index contributed by atoms with van der Waals surface area (Å²) in [5.74, 6) is -1.43. The number of allylic oxidation sites excluding steroid dienone is 3. The van der Waals surface area contributed by atoms with Gasteiger partial charge in [0.1, 0.15) is 0 Å². The summed E-state index contributed by atoms with van der Waals surface area (Å²) in [6.07, 6.45) is 8.76. The van der Waals surface area contributed by atoms with Crippen LogP contribution in [-0.4, -0.2) is 11.1 Å². The summed E-state index contributed by atoms with van der Waals surface area (Å²) in [5.41, 5.74) is -1.01. The second-order valence-electron chi connectivity index (χ2n) is 4.54. The van der Waals surface area contributed by atoms with Crippen molar-refractivity contribution in [3.05, 3.63) is 24.3 Å². The molecule has 0 spiro atoms. The predicted octanol–water partition coefficient (Wildman–Crippen LogP) is 2.12. The highest BCUT2D eigenvalue weighted by atomic mass is 16.4. The number of carboxylic acids is 1. The Kier molecular flexibility index (Phi) is 1.97. The first-order valence-corrected chi connectivity index (χ1v) is 5.06. The molecule has 0 amide bonds. The maximum Gasteiger partial charge on any atom is 0.311 e. The first-order chi connectivity index (χ1) is 7.06. The number of hydrogen-bond acceptors (Lipinski definition) is 2. The van der Waals surface area contributed by atoms with Gasteiger partial charge in [-0.3, -0.25) is 4.79 Å². The summed E-state index contributed by atoms with van der Waals surface area (Å²) in [6, 6.07) is 2.30. The number of carbonyl (C=O) groups is 1. The van der Waals surface area contributed by atoms with E-state index in [0.29, 0.717) is 0 Å². The van der Waals surface area contributed by atoms with E-state index < -0.39 is 22.7 Å². The average molecular weight is 203 g/mol. The SMILES string of the molecule is CC1(C2(C#N)CC2)C=CC=CC1C(=O)O. The van der Waals surface area contributed by atoms with Gasteiger partial charge >= 0.3 is 5.97 Å². The van der Waals surface area contributed by atoms with E-state index in [1.165, 1.54) is 0 Å². The largest absolute Gasteiger partial charge is 0.481 e. The van der Waals surface area contributed by atoms with E-state index in [2.05, 4.69) is 6.07 Å². The lowest BCUT2D eigenvalue weighted by Gasteiger charge is -2.36. The van der Waals surface area contributed by atoms with Gasteiger partial charge in [-0.1, -0.05) is 31.2 Å². The Bertz CT molecular complexity index is 398. The fourth-order valence-electron chi connectivity index (χ4n) is 2.43. The van der Waals surface area contributed by atoms with E-state index in [4.69, 9.17) is 5.11 Å². The van der Waals surface area contributed by atoms with E-state index in [0.717, 1.165) is 12.8 Å². The normalized spacial score (nSPS) is 35.9. The van der Waals surface area contributed by atoms with Gasteiger partial charge < -0.3 is 5.11 Å². The van der Waals surface area contributed by atoms with Gasteiger partial charge in [0.25, 0.3) is 0 Å². The third-order valence-corrected chi connectivity index (χ3v) is 3.76. The van der Waals surface area contributed by atoms with Crippen LogP contribution in [-0.2, 0) is 4.79 Å². The molecule has 3 nitrogen and oxygen atoms in total. The summed E-state index contributed by atoms with van der Waals surface area (Å²) < 4.78 is 0. The van der Waals surface area contributed by atoms with Crippen LogP contribution in [0.3, 0.4) is 0 Å². The van der Waals surface area contributed by atoms with Gasteiger partial charge in [-0.2, -0.15) is 5.26 Å². The van der Waals surface area contributed by atoms with Gasteiger partial charge in [0.2, 0.25) is 0 Å². The zero-order valence-electron chi connectivity index (χ0n) is 8.60. The molecular formula is C12H13NO2. The molecule has 0 aromatic carbocycles. The molecule has 0 bridgehead atoms. The zero-order valence-corrected chi connectivity index (χ0v) is 8.60. The smallest absolute Gasteiger partial charge is 0.311 e. The second kappa shape index (κ2) is 2.96. The number of hydrogen-bond donors (Lipinski definition) is 1. The van der Waals surface area contributed by atoms with Crippen LogP contribution in [0, 0.1) is 28.1 Å². The van der Waals surface area contributed by atoms with E-state index in [-0.39, 0.29) is 0 Å². The fraction of sp³-hybridized carbons (Fsp3) is 0.500. The highest BCUT2D eigenvalue weighted by molar-refractivity contribution is 5.75. The van der Waals surface area contributed by atoms with Crippen molar-refractivity contribution in [3.8, 4) is 6.07 Å². The Balaban J connectivity index is 2.42. The van der Waals surface area contributed by atoms with Crippen LogP contribution >= 0.6 is 0 Å². The first kappa shape index (κ1) is 9.97. The van der Waals surface area contributed by atoms with Gasteiger partial charge in [-0.15, -0.1) is 0 Å². The molecule has 0 aliphatic heterocycles. The Labute approximate surface area is 88.7 Å². The van der Waals surface area contributed by atoms with E-state index in [9.17, 15) is 10.1 Å². The Hall–Kier alpha value is -1.56. The zero-order chi connectivity index (χ0) is 11.1. The van der Waals surface area contributed by atoms with E-state index in [1.54, 1.807) is 12.2 Å². The molecule has 1 saturated carbocycles. The maximum atomic E-state index is 11.2. The van der Waals surface area contributed by atoms with Crippen LogP contribution in [0.25, 0.3) is 0 Å². The molecule has 1 fully saturated rings. The molecule has 0 heterocycles. The molecule has 2 atom stereocenters. The average Bonchev–Trinajstić information content (AvgIpc) is 2.98. The molecule has 2 unspecified atom stereocenters. The van der Waals surface area contributed by atoms with Crippen molar-refractivity contribution in [1.82, 2.24) is 0 Å². The number of nitrogens with zero attached hydrogens (tertiary/aromatic N) is 1. The molecule has 3 heteroatoms. The molecule has 0 aromatic heterocycles. The molecule has 0 radical (unpaired) electrons. The minimum atomic E-state index is -0.848. The standard InChI is InChI=1S/C12H13NO2/c1-11(12(8-13)6-7-12)5-3-2-4-9(11)10(14)15/h2-5,9H,6-7H2,1H3,(H,14,15). The Morgan fingerprint density at radius 3 is 2.67 bits per heavy atom.